The smallest absolute Gasteiger partial charge is 0.331 e. The normalized spacial score (nSPS) is 14.1. The predicted molar refractivity (Wildman–Crippen MR) is 83.9 cm³/mol. The van der Waals surface area contributed by atoms with Crippen LogP contribution in [0.15, 0.2) is 42.5 Å². The highest BCUT2D eigenvalue weighted by Gasteiger charge is 2.40. The molecule has 0 radical (unpaired) electrons. The molecule has 22 heavy (non-hydrogen) atoms. The molecule has 1 atom stereocenters. The first-order valence-corrected chi connectivity index (χ1v) is 7.07. The second-order valence-corrected chi connectivity index (χ2v) is 6.19. The third kappa shape index (κ3) is 5.17. The summed E-state index contributed by atoms with van der Waals surface area (Å²) in [5, 5.41) is 9.60. The van der Waals surface area contributed by atoms with Crippen molar-refractivity contribution < 1.29 is 14.3 Å². The predicted octanol–water partition coefficient (Wildman–Crippen LogP) is 3.23. The van der Waals surface area contributed by atoms with Crippen LogP contribution in [0.1, 0.15) is 33.3 Å². The number of ether oxygens (including phenoxy) is 1. The summed E-state index contributed by atoms with van der Waals surface area (Å²) in [5.74, 6) is -0.875. The summed E-state index contributed by atoms with van der Waals surface area (Å²) >= 11 is 0. The van der Waals surface area contributed by atoms with Gasteiger partial charge >= 0.3 is 5.97 Å². The van der Waals surface area contributed by atoms with Gasteiger partial charge in [0.25, 0.3) is 0 Å². The molecule has 0 N–H and O–H groups in total. The van der Waals surface area contributed by atoms with Crippen molar-refractivity contribution in [2.24, 2.45) is 5.41 Å². The molecule has 0 unspecified atom stereocenters. The Labute approximate surface area is 131 Å². The lowest BCUT2D eigenvalue weighted by molar-refractivity contribution is -0.161. The molecule has 0 saturated heterocycles. The SMILES string of the molecule is CC(=O)/C=C/[C@@](C#N)(Cc1ccccc1)C(=O)OC(C)(C)C. The van der Waals surface area contributed by atoms with E-state index in [1.54, 1.807) is 20.8 Å². The zero-order chi connectivity index (χ0) is 16.8. The van der Waals surface area contributed by atoms with E-state index in [1.807, 2.05) is 36.4 Å². The lowest BCUT2D eigenvalue weighted by Gasteiger charge is -2.27. The molecular formula is C18H21NO3. The van der Waals surface area contributed by atoms with Crippen molar-refractivity contribution in [2.45, 2.75) is 39.7 Å². The molecule has 0 aliphatic rings. The summed E-state index contributed by atoms with van der Waals surface area (Å²) in [4.78, 5) is 23.7. The molecule has 0 bridgehead atoms. The van der Waals surface area contributed by atoms with Crippen molar-refractivity contribution >= 4 is 11.8 Å². The van der Waals surface area contributed by atoms with Gasteiger partial charge in [-0.2, -0.15) is 5.26 Å². The Morgan fingerprint density at radius 3 is 2.27 bits per heavy atom. The number of esters is 1. The Morgan fingerprint density at radius 2 is 1.82 bits per heavy atom. The maximum Gasteiger partial charge on any atom is 0.331 e. The summed E-state index contributed by atoms with van der Waals surface area (Å²) in [6, 6.07) is 11.2. The topological polar surface area (TPSA) is 67.2 Å². The maximum absolute atomic E-state index is 12.5. The number of allylic oxidation sites excluding steroid dienone is 1. The first kappa shape index (κ1) is 17.6. The molecule has 0 aromatic heterocycles. The first-order chi connectivity index (χ1) is 10.2. The van der Waals surface area contributed by atoms with Crippen LogP contribution in [0.4, 0.5) is 0 Å². The van der Waals surface area contributed by atoms with Crippen LogP contribution < -0.4 is 0 Å². The number of hydrogen-bond donors (Lipinski definition) is 0. The highest BCUT2D eigenvalue weighted by atomic mass is 16.6. The molecule has 1 rings (SSSR count). The van der Waals surface area contributed by atoms with Gasteiger partial charge < -0.3 is 4.74 Å². The van der Waals surface area contributed by atoms with Crippen LogP contribution in [-0.4, -0.2) is 17.4 Å². The average molecular weight is 299 g/mol. The van der Waals surface area contributed by atoms with Crippen LogP contribution in [0.25, 0.3) is 0 Å². The van der Waals surface area contributed by atoms with Crippen LogP contribution in [-0.2, 0) is 20.7 Å². The van der Waals surface area contributed by atoms with Gasteiger partial charge in [0.1, 0.15) is 5.60 Å². The number of carbonyl (C=O) groups is 2. The minimum absolute atomic E-state index is 0.156. The number of nitrogens with zero attached hydrogens (tertiary/aromatic N) is 1. The monoisotopic (exact) mass is 299 g/mol. The summed E-state index contributed by atoms with van der Waals surface area (Å²) < 4.78 is 5.37. The van der Waals surface area contributed by atoms with Crippen LogP contribution in [0.3, 0.4) is 0 Å². The van der Waals surface area contributed by atoms with Crippen molar-refractivity contribution in [2.75, 3.05) is 0 Å². The van der Waals surface area contributed by atoms with Crippen molar-refractivity contribution in [1.82, 2.24) is 0 Å². The lowest BCUT2D eigenvalue weighted by Crippen LogP contribution is -2.37. The molecule has 4 heteroatoms. The molecule has 1 aromatic rings. The molecule has 116 valence electrons. The van der Waals surface area contributed by atoms with Crippen LogP contribution in [0.5, 0.6) is 0 Å². The summed E-state index contributed by atoms with van der Waals surface area (Å²) in [7, 11) is 0. The van der Waals surface area contributed by atoms with Crippen LogP contribution >= 0.6 is 0 Å². The number of hydrogen-bond acceptors (Lipinski definition) is 4. The largest absolute Gasteiger partial charge is 0.459 e. The minimum atomic E-state index is -1.51. The van der Waals surface area contributed by atoms with Gasteiger partial charge in [-0.1, -0.05) is 30.3 Å². The fourth-order valence-corrected chi connectivity index (χ4v) is 1.87. The number of carbonyl (C=O) groups excluding carboxylic acids is 2. The van der Waals surface area contributed by atoms with E-state index in [0.717, 1.165) is 5.56 Å². The molecular weight excluding hydrogens is 278 g/mol. The van der Waals surface area contributed by atoms with E-state index in [9.17, 15) is 14.9 Å². The Morgan fingerprint density at radius 1 is 1.23 bits per heavy atom. The van der Waals surface area contributed by atoms with Gasteiger partial charge in [0.15, 0.2) is 11.2 Å². The van der Waals surface area contributed by atoms with E-state index >= 15 is 0 Å². The zero-order valence-electron chi connectivity index (χ0n) is 13.4. The van der Waals surface area contributed by atoms with Gasteiger partial charge in [-0.3, -0.25) is 4.79 Å². The Hall–Kier alpha value is -2.41. The van der Waals surface area contributed by atoms with Gasteiger partial charge in [0.05, 0.1) is 6.07 Å². The number of nitriles is 1. The molecule has 4 nitrogen and oxygen atoms in total. The fraction of sp³-hybridized carbons (Fsp3) is 0.389. The van der Waals surface area contributed by atoms with E-state index in [1.165, 1.54) is 19.1 Å². The van der Waals surface area contributed by atoms with Crippen molar-refractivity contribution in [1.29, 1.82) is 5.26 Å². The van der Waals surface area contributed by atoms with Gasteiger partial charge in [0, 0.05) is 6.42 Å². The highest BCUT2D eigenvalue weighted by Crippen LogP contribution is 2.28. The second-order valence-electron chi connectivity index (χ2n) is 6.19. The minimum Gasteiger partial charge on any atom is -0.459 e. The molecule has 0 amide bonds. The Kier molecular flexibility index (Phi) is 5.64. The molecule has 0 aliphatic carbocycles. The molecule has 0 fully saturated rings. The molecule has 0 spiro atoms. The quantitative estimate of drug-likeness (QED) is 0.618. The first-order valence-electron chi connectivity index (χ1n) is 7.07. The molecule has 0 saturated carbocycles. The second kappa shape index (κ2) is 7.04. The maximum atomic E-state index is 12.5. The number of rotatable bonds is 5. The summed E-state index contributed by atoms with van der Waals surface area (Å²) in [6.07, 6.45) is 2.75. The average Bonchev–Trinajstić information content (AvgIpc) is 2.42. The van der Waals surface area contributed by atoms with Gasteiger partial charge in [-0.05, 0) is 45.4 Å². The molecule has 1 aromatic carbocycles. The highest BCUT2D eigenvalue weighted by molar-refractivity contribution is 5.90. The summed E-state index contributed by atoms with van der Waals surface area (Å²) in [6.45, 7) is 6.59. The van der Waals surface area contributed by atoms with Crippen LogP contribution in [0.2, 0.25) is 0 Å². The number of ketones is 1. The molecule has 0 heterocycles. The van der Waals surface area contributed by atoms with E-state index in [-0.39, 0.29) is 12.2 Å². The third-order valence-corrected chi connectivity index (χ3v) is 2.89. The van der Waals surface area contributed by atoms with E-state index in [4.69, 9.17) is 4.74 Å². The molecule has 0 aliphatic heterocycles. The standard InChI is InChI=1S/C18H21NO3/c1-14(20)10-11-18(13-19,16(21)22-17(2,3)4)12-15-8-6-5-7-9-15/h5-11H,12H2,1-4H3/b11-10+/t18-/m0/s1. The number of benzene rings is 1. The lowest BCUT2D eigenvalue weighted by atomic mass is 9.82. The van der Waals surface area contributed by atoms with E-state index in [2.05, 4.69) is 0 Å². The van der Waals surface area contributed by atoms with Crippen molar-refractivity contribution in [3.63, 3.8) is 0 Å². The van der Waals surface area contributed by atoms with Crippen LogP contribution in [0, 0.1) is 16.7 Å². The van der Waals surface area contributed by atoms with Crippen molar-refractivity contribution in [3.05, 3.63) is 48.0 Å². The van der Waals surface area contributed by atoms with Gasteiger partial charge in [-0.25, -0.2) is 4.79 Å². The van der Waals surface area contributed by atoms with E-state index < -0.39 is 17.0 Å². The Balaban J connectivity index is 3.21. The fourth-order valence-electron chi connectivity index (χ4n) is 1.87. The third-order valence-electron chi connectivity index (χ3n) is 2.89. The van der Waals surface area contributed by atoms with E-state index in [0.29, 0.717) is 0 Å². The summed E-state index contributed by atoms with van der Waals surface area (Å²) in [5.41, 5.74) is -1.40. The zero-order valence-corrected chi connectivity index (χ0v) is 13.4. The van der Waals surface area contributed by atoms with Gasteiger partial charge in [-0.15, -0.1) is 0 Å². The van der Waals surface area contributed by atoms with Gasteiger partial charge in [0.2, 0.25) is 0 Å². The Bertz CT molecular complexity index is 605. The van der Waals surface area contributed by atoms with Crippen molar-refractivity contribution in [3.8, 4) is 6.07 Å².